The van der Waals surface area contributed by atoms with E-state index in [9.17, 15) is 9.18 Å². The molecule has 0 spiro atoms. The molecule has 0 aliphatic rings. The monoisotopic (exact) mass is 330 g/mol. The summed E-state index contributed by atoms with van der Waals surface area (Å²) in [6.45, 7) is 0. The van der Waals surface area contributed by atoms with Gasteiger partial charge in [0.2, 0.25) is 5.88 Å². The Morgan fingerprint density at radius 3 is 2.74 bits per heavy atom. The van der Waals surface area contributed by atoms with Crippen molar-refractivity contribution < 1.29 is 13.9 Å². The molecule has 0 saturated heterocycles. The zero-order chi connectivity index (χ0) is 16.1. The molecule has 2 aromatic heterocycles. The smallest absolute Gasteiger partial charge is 0.325 e. The summed E-state index contributed by atoms with van der Waals surface area (Å²) in [5.74, 6) is -0.405. The number of urea groups is 1. The van der Waals surface area contributed by atoms with Crippen molar-refractivity contribution in [3.8, 4) is 11.6 Å². The first-order valence-electron chi connectivity index (χ1n) is 6.57. The zero-order valence-electron chi connectivity index (χ0n) is 11.7. The maximum Gasteiger partial charge on any atom is 0.325 e. The van der Waals surface area contributed by atoms with E-state index in [1.165, 1.54) is 29.7 Å². The van der Waals surface area contributed by atoms with Crippen LogP contribution in [0.5, 0.6) is 11.6 Å². The molecule has 2 heterocycles. The molecule has 0 unspecified atom stereocenters. The number of para-hydroxylation sites is 1. The van der Waals surface area contributed by atoms with Gasteiger partial charge in [0.1, 0.15) is 5.69 Å². The first-order chi connectivity index (χ1) is 11.2. The van der Waals surface area contributed by atoms with Crippen molar-refractivity contribution in [2.24, 2.45) is 0 Å². The molecular weight excluding hydrogens is 319 g/mol. The third kappa shape index (κ3) is 3.80. The molecule has 23 heavy (non-hydrogen) atoms. The van der Waals surface area contributed by atoms with Crippen LogP contribution in [0.15, 0.2) is 54.2 Å². The molecule has 2 amide bonds. The van der Waals surface area contributed by atoms with E-state index in [0.717, 1.165) is 0 Å². The van der Waals surface area contributed by atoms with Gasteiger partial charge < -0.3 is 10.1 Å². The Kier molecular flexibility index (Phi) is 4.44. The lowest BCUT2D eigenvalue weighted by molar-refractivity contribution is 0.262. The van der Waals surface area contributed by atoms with Gasteiger partial charge in [-0.25, -0.2) is 19.2 Å². The van der Waals surface area contributed by atoms with E-state index in [1.54, 1.807) is 35.8 Å². The molecule has 1 aromatic carbocycles. The van der Waals surface area contributed by atoms with Gasteiger partial charge in [-0.1, -0.05) is 12.1 Å². The van der Waals surface area contributed by atoms with Crippen LogP contribution in [0, 0.1) is 5.82 Å². The van der Waals surface area contributed by atoms with Crippen molar-refractivity contribution >= 4 is 28.2 Å². The predicted molar refractivity (Wildman–Crippen MR) is 85.5 cm³/mol. The highest BCUT2D eigenvalue weighted by Gasteiger charge is 2.12. The molecule has 6 nitrogen and oxygen atoms in total. The summed E-state index contributed by atoms with van der Waals surface area (Å²) in [6.07, 6.45) is 3.07. The van der Waals surface area contributed by atoms with Gasteiger partial charge in [0, 0.05) is 17.8 Å². The van der Waals surface area contributed by atoms with Crippen LogP contribution in [0.2, 0.25) is 0 Å². The molecule has 0 aliphatic heterocycles. The maximum atomic E-state index is 13.7. The van der Waals surface area contributed by atoms with Crippen LogP contribution < -0.4 is 15.4 Å². The second kappa shape index (κ2) is 6.84. The number of anilines is 2. The van der Waals surface area contributed by atoms with Crippen LogP contribution in [0.4, 0.5) is 20.0 Å². The fourth-order valence-corrected chi connectivity index (χ4v) is 2.26. The van der Waals surface area contributed by atoms with E-state index >= 15 is 0 Å². The highest BCUT2D eigenvalue weighted by atomic mass is 32.1. The molecule has 0 atom stereocenters. The van der Waals surface area contributed by atoms with Crippen molar-refractivity contribution in [2.45, 2.75) is 0 Å². The van der Waals surface area contributed by atoms with E-state index in [2.05, 4.69) is 20.6 Å². The Balaban J connectivity index is 1.75. The Bertz CT molecular complexity index is 811. The quantitative estimate of drug-likeness (QED) is 0.754. The van der Waals surface area contributed by atoms with Crippen molar-refractivity contribution in [3.05, 3.63) is 60.0 Å². The fraction of sp³-hybridized carbons (Fsp3) is 0. The Morgan fingerprint density at radius 1 is 1.09 bits per heavy atom. The van der Waals surface area contributed by atoms with E-state index in [4.69, 9.17) is 4.74 Å². The second-order valence-electron chi connectivity index (χ2n) is 4.30. The lowest BCUT2D eigenvalue weighted by atomic mass is 10.3. The predicted octanol–water partition coefficient (Wildman–Crippen LogP) is 4.11. The lowest BCUT2D eigenvalue weighted by Gasteiger charge is -2.11. The molecule has 0 saturated carbocycles. The number of carbonyl (C=O) groups excluding carboxylic acids is 1. The first-order valence-corrected chi connectivity index (χ1v) is 7.45. The average Bonchev–Trinajstić information content (AvgIpc) is 3.04. The Labute approximate surface area is 135 Å². The van der Waals surface area contributed by atoms with Crippen molar-refractivity contribution in [3.63, 3.8) is 0 Å². The minimum absolute atomic E-state index is 0.0228. The van der Waals surface area contributed by atoms with Gasteiger partial charge in [-0.3, -0.25) is 5.32 Å². The molecule has 3 aromatic rings. The Hall–Kier alpha value is -3.00. The molecule has 0 aliphatic carbocycles. The number of benzene rings is 1. The minimum Gasteiger partial charge on any atom is -0.434 e. The Morgan fingerprint density at radius 2 is 1.96 bits per heavy atom. The molecule has 2 N–H and O–H groups in total. The molecule has 0 bridgehead atoms. The number of aromatic nitrogens is 2. The number of nitrogens with zero attached hydrogens (tertiary/aromatic N) is 2. The normalized spacial score (nSPS) is 10.1. The second-order valence-corrected chi connectivity index (χ2v) is 5.20. The van der Waals surface area contributed by atoms with Crippen molar-refractivity contribution in [1.29, 1.82) is 0 Å². The highest BCUT2D eigenvalue weighted by Crippen LogP contribution is 2.28. The van der Waals surface area contributed by atoms with Crippen molar-refractivity contribution in [1.82, 2.24) is 9.97 Å². The SMILES string of the molecule is O=C(Nc1nccs1)Nc1cccnc1Oc1ccccc1F. The highest BCUT2D eigenvalue weighted by molar-refractivity contribution is 7.13. The standard InChI is InChI=1S/C15H11FN4O2S/c16-10-4-1-2-6-12(10)22-13-11(5-3-7-17-13)19-14(21)20-15-18-8-9-23-15/h1-9H,(H2,18,19,20,21). The molecule has 116 valence electrons. The van der Waals surface area contributed by atoms with E-state index in [0.29, 0.717) is 10.8 Å². The van der Waals surface area contributed by atoms with E-state index in [-0.39, 0.29) is 11.6 Å². The van der Waals surface area contributed by atoms with Crippen LogP contribution in [-0.4, -0.2) is 16.0 Å². The van der Waals surface area contributed by atoms with Crippen LogP contribution in [0.25, 0.3) is 0 Å². The van der Waals surface area contributed by atoms with Gasteiger partial charge in [0.05, 0.1) is 0 Å². The summed E-state index contributed by atoms with van der Waals surface area (Å²) in [5, 5.41) is 7.37. The number of thiazole rings is 1. The fourth-order valence-electron chi connectivity index (χ4n) is 1.73. The summed E-state index contributed by atoms with van der Waals surface area (Å²) in [4.78, 5) is 19.9. The summed E-state index contributed by atoms with van der Waals surface area (Å²) in [6, 6.07) is 8.69. The van der Waals surface area contributed by atoms with Gasteiger partial charge in [-0.05, 0) is 24.3 Å². The number of pyridine rings is 1. The molecule has 8 heteroatoms. The van der Waals surface area contributed by atoms with E-state index in [1.807, 2.05) is 0 Å². The summed E-state index contributed by atoms with van der Waals surface area (Å²) >= 11 is 1.29. The van der Waals surface area contributed by atoms with Gasteiger partial charge in [0.15, 0.2) is 16.7 Å². The van der Waals surface area contributed by atoms with E-state index < -0.39 is 11.8 Å². The number of ether oxygens (including phenoxy) is 1. The topological polar surface area (TPSA) is 76.1 Å². The molecule has 0 fully saturated rings. The third-order valence-electron chi connectivity index (χ3n) is 2.72. The molecular formula is C15H11FN4O2S. The average molecular weight is 330 g/mol. The number of carbonyl (C=O) groups is 1. The van der Waals surface area contributed by atoms with Gasteiger partial charge in [-0.15, -0.1) is 11.3 Å². The molecule has 3 rings (SSSR count). The molecule has 0 radical (unpaired) electrons. The zero-order valence-corrected chi connectivity index (χ0v) is 12.5. The largest absolute Gasteiger partial charge is 0.434 e. The van der Waals surface area contributed by atoms with Gasteiger partial charge in [-0.2, -0.15) is 0 Å². The summed E-state index contributed by atoms with van der Waals surface area (Å²) in [7, 11) is 0. The van der Waals surface area contributed by atoms with Crippen LogP contribution >= 0.6 is 11.3 Å². The third-order valence-corrected chi connectivity index (χ3v) is 3.40. The number of halogens is 1. The van der Waals surface area contributed by atoms with Crippen LogP contribution in [0.3, 0.4) is 0 Å². The number of rotatable bonds is 4. The maximum absolute atomic E-state index is 13.7. The number of hydrogen-bond acceptors (Lipinski definition) is 5. The first kappa shape index (κ1) is 14.9. The van der Waals surface area contributed by atoms with Crippen LogP contribution in [-0.2, 0) is 0 Å². The lowest BCUT2D eigenvalue weighted by Crippen LogP contribution is -2.19. The van der Waals surface area contributed by atoms with Crippen LogP contribution in [0.1, 0.15) is 0 Å². The van der Waals surface area contributed by atoms with Crippen molar-refractivity contribution in [2.75, 3.05) is 10.6 Å². The minimum atomic E-state index is -0.517. The number of nitrogens with one attached hydrogen (secondary N) is 2. The number of amides is 2. The summed E-state index contributed by atoms with van der Waals surface area (Å²) < 4.78 is 19.1. The number of hydrogen-bond donors (Lipinski definition) is 2. The summed E-state index contributed by atoms with van der Waals surface area (Å²) in [5.41, 5.74) is 0.310. The van der Waals surface area contributed by atoms with Gasteiger partial charge >= 0.3 is 6.03 Å². The van der Waals surface area contributed by atoms with Gasteiger partial charge in [0.25, 0.3) is 0 Å².